The van der Waals surface area contributed by atoms with Crippen molar-refractivity contribution >= 4 is 0 Å². The molecule has 0 saturated carbocycles. The third-order valence-electron chi connectivity index (χ3n) is 7.50. The largest absolute Gasteiger partial charge is 0.306 e. The summed E-state index contributed by atoms with van der Waals surface area (Å²) in [6, 6.07) is 55.2. The maximum absolute atomic E-state index is 14.7. The van der Waals surface area contributed by atoms with Crippen LogP contribution in [0.5, 0.6) is 5.75 Å². The van der Waals surface area contributed by atoms with Crippen molar-refractivity contribution in [3.63, 3.8) is 0 Å². The van der Waals surface area contributed by atoms with Crippen molar-refractivity contribution in [1.82, 2.24) is 9.13 Å². The molecule has 0 aliphatic heterocycles. The van der Waals surface area contributed by atoms with Crippen molar-refractivity contribution in [2.45, 2.75) is 0 Å². The van der Waals surface area contributed by atoms with Gasteiger partial charge in [0, 0.05) is 0 Å². The molecule has 2 aromatic heterocycles. The predicted molar refractivity (Wildman–Crippen MR) is 167 cm³/mol. The molecule has 7 rings (SSSR count). The lowest BCUT2D eigenvalue weighted by Gasteiger charge is -2.19. The summed E-state index contributed by atoms with van der Waals surface area (Å²) in [6.07, 6.45) is 0. The van der Waals surface area contributed by atoms with Gasteiger partial charge in [0.05, 0.1) is 34.2 Å². The van der Waals surface area contributed by atoms with Gasteiger partial charge >= 0.3 is 0 Å². The minimum absolute atomic E-state index is 0.0383. The van der Waals surface area contributed by atoms with E-state index in [0.29, 0.717) is 11.4 Å². The Morgan fingerprint density at radius 3 is 0.829 bits per heavy atom. The molecule has 0 unspecified atom stereocenters. The van der Waals surface area contributed by atoms with Gasteiger partial charge in [0.1, 0.15) is 0 Å². The summed E-state index contributed by atoms with van der Waals surface area (Å²) >= 11 is 0. The molecule has 1 radical (unpaired) electrons. The molecule has 0 atom stereocenters. The average Bonchev–Trinajstić information content (AvgIpc) is 3.69. The second-order valence-corrected chi connectivity index (χ2v) is 9.97. The van der Waals surface area contributed by atoms with Crippen molar-refractivity contribution in [1.29, 1.82) is 0 Å². The van der Waals surface area contributed by atoms with E-state index in [0.717, 1.165) is 45.0 Å². The zero-order valence-corrected chi connectivity index (χ0v) is 22.4. The fraction of sp³-hybridized carbons (Fsp3) is 0. The molecule has 7 aromatic rings. The fourth-order valence-corrected chi connectivity index (χ4v) is 5.59. The Morgan fingerprint density at radius 2 is 0.561 bits per heavy atom. The second-order valence-electron chi connectivity index (χ2n) is 9.97. The zero-order chi connectivity index (χ0) is 27.6. The van der Waals surface area contributed by atoms with Crippen LogP contribution in [0.3, 0.4) is 0 Å². The van der Waals surface area contributed by atoms with E-state index >= 15 is 0 Å². The number of rotatable bonds is 6. The van der Waals surface area contributed by atoms with Crippen LogP contribution < -0.4 is 0 Å². The highest BCUT2D eigenvalue weighted by molar-refractivity contribution is 5.79. The van der Waals surface area contributed by atoms with E-state index < -0.39 is 0 Å². The molecule has 0 N–H and O–H groups in total. The number of aromatic nitrogens is 2. The van der Waals surface area contributed by atoms with Gasteiger partial charge in [-0.05, 0) is 58.7 Å². The fourth-order valence-electron chi connectivity index (χ4n) is 5.59. The molecule has 0 spiro atoms. The lowest BCUT2D eigenvalue weighted by Crippen LogP contribution is -2.04. The molecular weight excluding hydrogens is 500 g/mol. The molecule has 0 saturated heterocycles. The highest BCUT2D eigenvalue weighted by Crippen LogP contribution is 2.41. The van der Waals surface area contributed by atoms with Gasteiger partial charge in [0.2, 0.25) is 5.75 Å². The number of hydrogen-bond donors (Lipinski definition) is 0. The van der Waals surface area contributed by atoms with Gasteiger partial charge in [-0.1, -0.05) is 127 Å². The van der Waals surface area contributed by atoms with Crippen molar-refractivity contribution in [3.8, 4) is 62.2 Å². The Morgan fingerprint density at radius 1 is 0.293 bits per heavy atom. The molecule has 41 heavy (non-hydrogen) atoms. The minimum atomic E-state index is -0.0383. The van der Waals surface area contributed by atoms with Crippen molar-refractivity contribution in [2.24, 2.45) is 0 Å². The molecule has 2 heterocycles. The molecule has 0 amide bonds. The molecule has 0 fully saturated rings. The monoisotopic (exact) mass is 527 g/mol. The van der Waals surface area contributed by atoms with Crippen LogP contribution in [0.4, 0.5) is 0 Å². The molecule has 0 aliphatic rings. The maximum atomic E-state index is 14.7. The standard InChI is InChI=1S/C38H27N2O/c41-38-36(39-32(28-14-5-1-6-15-28)24-25-33(39)29-16-7-2-8-17-29)22-13-23-37(38)40-34(30-18-9-3-10-19-30)26-27-35(40)31-20-11-4-12-21-31/h1-27H. The predicted octanol–water partition coefficient (Wildman–Crippen LogP) is 10.1. The smallest absolute Gasteiger partial charge is 0.226 e. The van der Waals surface area contributed by atoms with Crippen LogP contribution in [-0.4, -0.2) is 9.13 Å². The normalized spacial score (nSPS) is 11.0. The van der Waals surface area contributed by atoms with Crippen LogP contribution in [-0.2, 0) is 5.11 Å². The zero-order valence-electron chi connectivity index (χ0n) is 22.4. The van der Waals surface area contributed by atoms with E-state index in [1.807, 2.05) is 91.0 Å². The first-order valence-corrected chi connectivity index (χ1v) is 13.8. The lowest BCUT2D eigenvalue weighted by atomic mass is 10.1. The van der Waals surface area contributed by atoms with E-state index in [1.54, 1.807) is 0 Å². The van der Waals surface area contributed by atoms with E-state index in [2.05, 4.69) is 81.9 Å². The Bertz CT molecular complexity index is 1670. The number of nitrogens with zero attached hydrogens (tertiary/aromatic N) is 2. The van der Waals surface area contributed by atoms with E-state index in [4.69, 9.17) is 0 Å². The molecule has 0 bridgehead atoms. The van der Waals surface area contributed by atoms with E-state index in [1.165, 1.54) is 0 Å². The summed E-state index contributed by atoms with van der Waals surface area (Å²) < 4.78 is 4.20. The first-order chi connectivity index (χ1) is 20.3. The molecular formula is C38H27N2O. The SMILES string of the molecule is [O]c1c(-n2c(-c3ccccc3)ccc2-c2ccccc2)cccc1-n1c(-c2ccccc2)ccc1-c1ccccc1. The van der Waals surface area contributed by atoms with Gasteiger partial charge < -0.3 is 9.13 Å². The molecule has 3 nitrogen and oxygen atoms in total. The van der Waals surface area contributed by atoms with Crippen molar-refractivity contribution in [2.75, 3.05) is 0 Å². The van der Waals surface area contributed by atoms with Crippen LogP contribution in [0.15, 0.2) is 164 Å². The van der Waals surface area contributed by atoms with Gasteiger partial charge in [0.25, 0.3) is 0 Å². The highest BCUT2D eigenvalue weighted by atomic mass is 16.3. The van der Waals surface area contributed by atoms with E-state index in [9.17, 15) is 5.11 Å². The Balaban J connectivity index is 1.49. The molecule has 3 heteroatoms. The van der Waals surface area contributed by atoms with Gasteiger partial charge in [-0.2, -0.15) is 0 Å². The number of benzene rings is 5. The van der Waals surface area contributed by atoms with Crippen molar-refractivity contribution in [3.05, 3.63) is 164 Å². The quantitative estimate of drug-likeness (QED) is 0.206. The molecule has 0 aliphatic carbocycles. The topological polar surface area (TPSA) is 29.8 Å². The second kappa shape index (κ2) is 10.6. The number of hydrogen-bond acceptors (Lipinski definition) is 0. The summed E-state index contributed by atoms with van der Waals surface area (Å²) in [7, 11) is 0. The molecule has 5 aromatic carbocycles. The summed E-state index contributed by atoms with van der Waals surface area (Å²) in [5, 5.41) is 14.7. The average molecular weight is 528 g/mol. The van der Waals surface area contributed by atoms with Crippen LogP contribution in [0.1, 0.15) is 0 Å². The Labute approximate surface area is 239 Å². The lowest BCUT2D eigenvalue weighted by molar-refractivity contribution is 0.352. The first-order valence-electron chi connectivity index (χ1n) is 13.8. The first kappa shape index (κ1) is 24.5. The van der Waals surface area contributed by atoms with Crippen LogP contribution in [0, 0.1) is 0 Å². The molecule has 195 valence electrons. The van der Waals surface area contributed by atoms with Gasteiger partial charge in [-0.25, -0.2) is 0 Å². The van der Waals surface area contributed by atoms with Gasteiger partial charge in [0.15, 0.2) is 0 Å². The summed E-state index contributed by atoms with van der Waals surface area (Å²) in [4.78, 5) is 0. The third-order valence-corrected chi connectivity index (χ3v) is 7.50. The van der Waals surface area contributed by atoms with Crippen LogP contribution >= 0.6 is 0 Å². The summed E-state index contributed by atoms with van der Waals surface area (Å²) in [5.41, 5.74) is 9.30. The Hall–Kier alpha value is -5.54. The van der Waals surface area contributed by atoms with Gasteiger partial charge in [-0.15, -0.1) is 0 Å². The van der Waals surface area contributed by atoms with Crippen LogP contribution in [0.25, 0.3) is 56.4 Å². The minimum Gasteiger partial charge on any atom is -0.306 e. The summed E-state index contributed by atoms with van der Waals surface area (Å²) in [6.45, 7) is 0. The number of para-hydroxylation sites is 1. The third kappa shape index (κ3) is 4.44. The van der Waals surface area contributed by atoms with Gasteiger partial charge in [-0.3, -0.25) is 5.11 Å². The van der Waals surface area contributed by atoms with Crippen molar-refractivity contribution < 1.29 is 5.11 Å². The maximum Gasteiger partial charge on any atom is 0.226 e. The summed E-state index contributed by atoms with van der Waals surface area (Å²) in [5.74, 6) is -0.0383. The Kier molecular flexibility index (Phi) is 6.31. The van der Waals surface area contributed by atoms with Crippen LogP contribution in [0.2, 0.25) is 0 Å². The van der Waals surface area contributed by atoms with E-state index in [-0.39, 0.29) is 5.75 Å². The highest BCUT2D eigenvalue weighted by Gasteiger charge is 2.22.